The van der Waals surface area contributed by atoms with Crippen molar-refractivity contribution in [3.05, 3.63) is 42.4 Å². The average molecular weight is 333 g/mol. The van der Waals surface area contributed by atoms with Crippen molar-refractivity contribution >= 4 is 68.6 Å². The number of carbonyl (C=O) groups excluding carboxylic acids is 1. The molecule has 3 aromatic heterocycles. The van der Waals surface area contributed by atoms with Gasteiger partial charge in [0.05, 0.1) is 11.2 Å². The van der Waals surface area contributed by atoms with Gasteiger partial charge in [-0.2, -0.15) is 0 Å². The molecular formula is C14H8KN5O3. The first-order chi connectivity index (χ1) is 10.9. The van der Waals surface area contributed by atoms with Crippen molar-refractivity contribution in [1.29, 1.82) is 0 Å². The zero-order chi connectivity index (χ0) is 14.9. The molecule has 0 saturated heterocycles. The van der Waals surface area contributed by atoms with Crippen LogP contribution in [0.2, 0.25) is 0 Å². The van der Waals surface area contributed by atoms with E-state index in [2.05, 4.69) is 25.7 Å². The number of hydrogen-bond donors (Lipinski definition) is 0. The Morgan fingerprint density at radius 1 is 0.957 bits per heavy atom. The standard InChI is InChI=1S/C14H7N5O3.K.H/c20-5-8-2-1-3-10-14(8)9(12-6-21-18-16-12)4-11(15-10)13-7-22-19-17-13;;/h1-7H;;. The van der Waals surface area contributed by atoms with Gasteiger partial charge in [-0.25, -0.2) is 4.98 Å². The molecule has 8 nitrogen and oxygen atoms in total. The van der Waals surface area contributed by atoms with Crippen molar-refractivity contribution < 1.29 is 13.8 Å². The van der Waals surface area contributed by atoms with Gasteiger partial charge in [-0.15, -0.1) is 10.2 Å². The maximum absolute atomic E-state index is 11.3. The van der Waals surface area contributed by atoms with E-state index >= 15 is 0 Å². The van der Waals surface area contributed by atoms with Crippen LogP contribution in [-0.4, -0.2) is 83.4 Å². The molecule has 0 saturated carbocycles. The number of rotatable bonds is 3. The van der Waals surface area contributed by atoms with Crippen molar-refractivity contribution in [3.8, 4) is 22.6 Å². The number of aromatic nitrogens is 5. The Labute approximate surface area is 171 Å². The van der Waals surface area contributed by atoms with E-state index in [9.17, 15) is 4.79 Å². The molecule has 0 unspecified atom stereocenters. The molecule has 0 radical (unpaired) electrons. The summed E-state index contributed by atoms with van der Waals surface area (Å²) in [6, 6.07) is 7.02. The second kappa shape index (κ2) is 6.77. The van der Waals surface area contributed by atoms with Crippen molar-refractivity contribution in [2.45, 2.75) is 0 Å². The van der Waals surface area contributed by atoms with Crippen molar-refractivity contribution in [1.82, 2.24) is 25.7 Å². The summed E-state index contributed by atoms with van der Waals surface area (Å²) < 4.78 is 9.56. The molecule has 9 heteroatoms. The van der Waals surface area contributed by atoms with Gasteiger partial charge in [0.15, 0.2) is 24.5 Å². The van der Waals surface area contributed by atoms with E-state index in [1.807, 2.05) is 0 Å². The minimum atomic E-state index is 0. The van der Waals surface area contributed by atoms with Crippen LogP contribution in [-0.2, 0) is 0 Å². The molecule has 4 rings (SSSR count). The van der Waals surface area contributed by atoms with Gasteiger partial charge >= 0.3 is 51.4 Å². The molecule has 0 atom stereocenters. The van der Waals surface area contributed by atoms with Gasteiger partial charge in [-0.1, -0.05) is 12.1 Å². The molecule has 0 spiro atoms. The number of hydrogen-bond acceptors (Lipinski definition) is 8. The van der Waals surface area contributed by atoms with Crippen LogP contribution >= 0.6 is 0 Å². The van der Waals surface area contributed by atoms with E-state index in [0.717, 1.165) is 6.29 Å². The van der Waals surface area contributed by atoms with E-state index in [0.29, 0.717) is 39.1 Å². The molecule has 0 N–H and O–H groups in total. The number of aldehydes is 1. The molecule has 3 heterocycles. The summed E-state index contributed by atoms with van der Waals surface area (Å²) >= 11 is 0. The second-order valence-electron chi connectivity index (χ2n) is 4.49. The molecule has 0 amide bonds. The Kier molecular flexibility index (Phi) is 4.73. The van der Waals surface area contributed by atoms with Gasteiger partial charge in [-0.3, -0.25) is 4.79 Å². The molecule has 0 aliphatic rings. The van der Waals surface area contributed by atoms with Gasteiger partial charge in [0, 0.05) is 27.1 Å². The van der Waals surface area contributed by atoms with E-state index in [4.69, 9.17) is 9.05 Å². The molecule has 1 aromatic carbocycles. The van der Waals surface area contributed by atoms with E-state index < -0.39 is 0 Å². The second-order valence-corrected chi connectivity index (χ2v) is 4.49. The number of pyridine rings is 1. The fourth-order valence-electron chi connectivity index (χ4n) is 2.30. The summed E-state index contributed by atoms with van der Waals surface area (Å²) in [6.07, 6.45) is 3.57. The maximum atomic E-state index is 11.3. The summed E-state index contributed by atoms with van der Waals surface area (Å²) in [5.41, 5.74) is 3.34. The minimum absolute atomic E-state index is 0. The zero-order valence-electron chi connectivity index (χ0n) is 11.0. The molecule has 0 aliphatic carbocycles. The van der Waals surface area contributed by atoms with Gasteiger partial charge in [0.1, 0.15) is 5.69 Å². The third-order valence-corrected chi connectivity index (χ3v) is 3.25. The third kappa shape index (κ3) is 2.89. The summed E-state index contributed by atoms with van der Waals surface area (Å²) in [4.78, 5) is 15.8. The van der Waals surface area contributed by atoms with Crippen molar-refractivity contribution in [2.24, 2.45) is 0 Å². The predicted molar refractivity (Wildman–Crippen MR) is 80.9 cm³/mol. The quantitative estimate of drug-likeness (QED) is 0.410. The monoisotopic (exact) mass is 333 g/mol. The van der Waals surface area contributed by atoms with Crippen LogP contribution in [0.25, 0.3) is 33.5 Å². The predicted octanol–water partition coefficient (Wildman–Crippen LogP) is 1.50. The average Bonchev–Trinajstić information content (AvgIpc) is 3.26. The number of carbonyl (C=O) groups is 1. The summed E-state index contributed by atoms with van der Waals surface area (Å²) in [7, 11) is 0. The third-order valence-electron chi connectivity index (χ3n) is 3.25. The molecule has 0 fully saturated rings. The topological polar surface area (TPSA) is 108 Å². The van der Waals surface area contributed by atoms with Crippen LogP contribution in [0.3, 0.4) is 0 Å². The summed E-state index contributed by atoms with van der Waals surface area (Å²) in [6.45, 7) is 0. The van der Waals surface area contributed by atoms with Crippen LogP contribution in [0.1, 0.15) is 10.4 Å². The zero-order valence-corrected chi connectivity index (χ0v) is 11.0. The van der Waals surface area contributed by atoms with E-state index in [1.54, 1.807) is 24.3 Å². The van der Waals surface area contributed by atoms with Crippen LogP contribution in [0, 0.1) is 0 Å². The van der Waals surface area contributed by atoms with Crippen LogP contribution in [0.4, 0.5) is 0 Å². The van der Waals surface area contributed by atoms with E-state index in [1.165, 1.54) is 12.5 Å². The van der Waals surface area contributed by atoms with Gasteiger partial charge in [0.2, 0.25) is 0 Å². The van der Waals surface area contributed by atoms with Crippen molar-refractivity contribution in [3.63, 3.8) is 0 Å². The molecular weight excluding hydrogens is 325 g/mol. The first-order valence-electron chi connectivity index (χ1n) is 6.30. The summed E-state index contributed by atoms with van der Waals surface area (Å²) in [5, 5.41) is 15.3. The molecule has 4 aromatic rings. The Morgan fingerprint density at radius 2 is 1.70 bits per heavy atom. The number of fused-ring (bicyclic) bond motifs is 1. The Morgan fingerprint density at radius 3 is 2.35 bits per heavy atom. The molecule has 23 heavy (non-hydrogen) atoms. The Hall–Kier alpha value is -1.78. The van der Waals surface area contributed by atoms with Gasteiger partial charge in [0.25, 0.3) is 0 Å². The fourth-order valence-corrected chi connectivity index (χ4v) is 2.30. The molecule has 0 aliphatic heterocycles. The first kappa shape index (κ1) is 16.1. The van der Waals surface area contributed by atoms with Gasteiger partial charge in [-0.05, 0) is 12.1 Å². The summed E-state index contributed by atoms with van der Waals surface area (Å²) in [5.74, 6) is 0. The fraction of sp³-hybridized carbons (Fsp3) is 0. The Bertz CT molecular complexity index is 954. The van der Waals surface area contributed by atoms with Crippen molar-refractivity contribution in [2.75, 3.05) is 0 Å². The Balaban J connectivity index is 0.00000156. The van der Waals surface area contributed by atoms with Crippen LogP contribution in [0.5, 0.6) is 0 Å². The van der Waals surface area contributed by atoms with Gasteiger partial charge < -0.3 is 9.05 Å². The molecule has 0 bridgehead atoms. The first-order valence-corrected chi connectivity index (χ1v) is 6.30. The number of benzene rings is 1. The normalized spacial score (nSPS) is 10.4. The van der Waals surface area contributed by atoms with E-state index in [-0.39, 0.29) is 51.4 Å². The van der Waals surface area contributed by atoms with Crippen LogP contribution < -0.4 is 0 Å². The van der Waals surface area contributed by atoms with Crippen LogP contribution in [0.15, 0.2) is 45.8 Å². The number of nitrogens with zero attached hydrogens (tertiary/aromatic N) is 5. The SMILES string of the molecule is O=Cc1cccc2nc(-c3conn3)cc(-c3conn3)c12.[KH]. The molecule has 108 valence electrons.